The van der Waals surface area contributed by atoms with Crippen LogP contribution >= 0.6 is 11.8 Å². The lowest BCUT2D eigenvalue weighted by Gasteiger charge is -2.17. The summed E-state index contributed by atoms with van der Waals surface area (Å²) in [6, 6.07) is 17.3. The van der Waals surface area contributed by atoms with E-state index in [9.17, 15) is 9.59 Å². The Morgan fingerprint density at radius 2 is 1.90 bits per heavy atom. The van der Waals surface area contributed by atoms with Crippen LogP contribution in [-0.4, -0.2) is 41.3 Å². The maximum atomic E-state index is 13.0. The maximum absolute atomic E-state index is 13.0. The molecule has 150 valence electrons. The van der Waals surface area contributed by atoms with Crippen LogP contribution in [0.1, 0.15) is 18.1 Å². The van der Waals surface area contributed by atoms with Gasteiger partial charge in [-0.2, -0.15) is 0 Å². The Kier molecular flexibility index (Phi) is 7.08. The number of nitrogens with one attached hydrogen (secondary N) is 1. The second-order valence-electron chi connectivity index (χ2n) is 6.41. The number of amides is 2. The first-order valence-electron chi connectivity index (χ1n) is 9.24. The van der Waals surface area contributed by atoms with E-state index < -0.39 is 0 Å². The topological polar surface area (TPSA) is 71.0 Å². The number of benzene rings is 2. The van der Waals surface area contributed by atoms with E-state index in [1.807, 2.05) is 54.6 Å². The van der Waals surface area contributed by atoms with Crippen molar-refractivity contribution in [1.82, 2.24) is 10.2 Å². The molecule has 0 saturated carbocycles. The summed E-state index contributed by atoms with van der Waals surface area (Å²) in [5.74, 6) is 1.18. The fraction of sp³-hybridized carbons (Fsp3) is 0.227. The number of amidine groups is 1. The van der Waals surface area contributed by atoms with Crippen LogP contribution in [0.2, 0.25) is 0 Å². The number of rotatable bonds is 7. The first-order valence-corrected chi connectivity index (χ1v) is 10.2. The summed E-state index contributed by atoms with van der Waals surface area (Å²) in [5, 5.41) is 3.40. The van der Waals surface area contributed by atoms with E-state index in [2.05, 4.69) is 10.3 Å². The predicted octanol–water partition coefficient (Wildman–Crippen LogP) is 3.30. The Bertz CT molecular complexity index is 924. The highest BCUT2D eigenvalue weighted by Gasteiger charge is 2.30. The van der Waals surface area contributed by atoms with Gasteiger partial charge in [-0.05, 0) is 29.3 Å². The minimum Gasteiger partial charge on any atom is -0.497 e. The molecule has 0 atom stereocenters. The van der Waals surface area contributed by atoms with Gasteiger partial charge in [0.1, 0.15) is 11.4 Å². The quantitative estimate of drug-likeness (QED) is 0.563. The minimum atomic E-state index is -0.133. The molecule has 0 saturated heterocycles. The molecular weight excluding hydrogens is 386 g/mol. The van der Waals surface area contributed by atoms with Crippen molar-refractivity contribution in [1.29, 1.82) is 0 Å². The van der Waals surface area contributed by atoms with Crippen molar-refractivity contribution in [3.8, 4) is 5.75 Å². The third kappa shape index (κ3) is 5.71. The van der Waals surface area contributed by atoms with Crippen molar-refractivity contribution >= 4 is 34.8 Å². The molecule has 2 aromatic rings. The highest BCUT2D eigenvalue weighted by atomic mass is 32.2. The normalized spacial score (nSPS) is 14.8. The average Bonchev–Trinajstić information content (AvgIpc) is 3.01. The van der Waals surface area contributed by atoms with E-state index in [1.165, 1.54) is 18.7 Å². The molecule has 0 bridgehead atoms. The zero-order chi connectivity index (χ0) is 20.6. The van der Waals surface area contributed by atoms with Crippen LogP contribution in [0.25, 0.3) is 6.08 Å². The monoisotopic (exact) mass is 409 g/mol. The van der Waals surface area contributed by atoms with Gasteiger partial charge in [0.2, 0.25) is 5.91 Å². The number of aliphatic imine (C=N–C) groups is 1. The van der Waals surface area contributed by atoms with Gasteiger partial charge < -0.3 is 10.1 Å². The summed E-state index contributed by atoms with van der Waals surface area (Å²) in [5.41, 5.74) is 2.30. The molecule has 0 aliphatic carbocycles. The number of nitrogens with zero attached hydrogens (tertiary/aromatic N) is 2. The number of ether oxygens (including phenoxy) is 1. The van der Waals surface area contributed by atoms with Crippen molar-refractivity contribution < 1.29 is 14.3 Å². The Hall–Kier alpha value is -3.06. The first-order chi connectivity index (χ1) is 14.1. The molecule has 0 radical (unpaired) electrons. The van der Waals surface area contributed by atoms with E-state index in [1.54, 1.807) is 18.1 Å². The molecule has 0 unspecified atom stereocenters. The van der Waals surface area contributed by atoms with E-state index in [4.69, 9.17) is 4.74 Å². The average molecular weight is 410 g/mol. The van der Waals surface area contributed by atoms with Crippen LogP contribution < -0.4 is 10.1 Å². The fourth-order valence-electron chi connectivity index (χ4n) is 2.77. The van der Waals surface area contributed by atoms with Gasteiger partial charge in [-0.15, -0.1) is 0 Å². The van der Waals surface area contributed by atoms with E-state index in [0.717, 1.165) is 16.9 Å². The molecule has 0 spiro atoms. The Labute approximate surface area is 174 Å². The molecule has 29 heavy (non-hydrogen) atoms. The minimum absolute atomic E-state index is 0.0729. The molecule has 2 amide bonds. The van der Waals surface area contributed by atoms with Gasteiger partial charge in [-0.3, -0.25) is 14.5 Å². The van der Waals surface area contributed by atoms with Crippen LogP contribution in [0.4, 0.5) is 0 Å². The molecule has 7 heteroatoms. The predicted molar refractivity (Wildman–Crippen MR) is 117 cm³/mol. The van der Waals surface area contributed by atoms with Gasteiger partial charge in [0.25, 0.3) is 5.91 Å². The molecular formula is C22H23N3O3S. The second kappa shape index (κ2) is 9.93. The first kappa shape index (κ1) is 20.7. The molecule has 3 rings (SSSR count). The third-order valence-corrected chi connectivity index (χ3v) is 5.20. The number of thioether (sulfide) groups is 1. The highest BCUT2D eigenvalue weighted by molar-refractivity contribution is 8.13. The second-order valence-corrected chi connectivity index (χ2v) is 7.47. The molecule has 6 nitrogen and oxygen atoms in total. The lowest BCUT2D eigenvalue weighted by molar-refractivity contribution is -0.123. The molecule has 1 N–H and O–H groups in total. The van der Waals surface area contributed by atoms with Crippen LogP contribution in [-0.2, 0) is 16.1 Å². The van der Waals surface area contributed by atoms with E-state index >= 15 is 0 Å². The summed E-state index contributed by atoms with van der Waals surface area (Å²) >= 11 is 1.46. The van der Waals surface area contributed by atoms with Gasteiger partial charge in [0.05, 0.1) is 13.7 Å². The van der Waals surface area contributed by atoms with Crippen LogP contribution in [0.5, 0.6) is 5.75 Å². The lowest BCUT2D eigenvalue weighted by atomic mass is 10.1. The number of hydrogen-bond acceptors (Lipinski definition) is 5. The fourth-order valence-corrected chi connectivity index (χ4v) is 3.63. The Balaban J connectivity index is 1.79. The van der Waals surface area contributed by atoms with Gasteiger partial charge in [0.15, 0.2) is 5.17 Å². The Morgan fingerprint density at radius 3 is 2.55 bits per heavy atom. The molecule has 0 fully saturated rings. The zero-order valence-corrected chi connectivity index (χ0v) is 17.2. The highest BCUT2D eigenvalue weighted by Crippen LogP contribution is 2.26. The summed E-state index contributed by atoms with van der Waals surface area (Å²) in [4.78, 5) is 30.3. The van der Waals surface area contributed by atoms with E-state index in [0.29, 0.717) is 29.7 Å². The van der Waals surface area contributed by atoms with Crippen molar-refractivity contribution in [2.45, 2.75) is 13.5 Å². The summed E-state index contributed by atoms with van der Waals surface area (Å²) in [6.07, 6.45) is 1.78. The van der Waals surface area contributed by atoms with Crippen molar-refractivity contribution in [2.24, 2.45) is 4.99 Å². The number of carbonyl (C=O) groups excluding carboxylic acids is 2. The molecule has 1 aliphatic rings. The van der Waals surface area contributed by atoms with Gasteiger partial charge in [-0.1, -0.05) is 54.2 Å². The van der Waals surface area contributed by atoms with Crippen LogP contribution in [0.15, 0.2) is 65.3 Å². The maximum Gasteiger partial charge on any atom is 0.278 e. The van der Waals surface area contributed by atoms with Gasteiger partial charge in [0, 0.05) is 19.2 Å². The smallest absolute Gasteiger partial charge is 0.278 e. The molecule has 2 aromatic carbocycles. The Morgan fingerprint density at radius 1 is 1.17 bits per heavy atom. The SMILES string of the molecule is COc1ccc(/C=C2\N=C(SCCNC(C)=O)N(Cc3ccccc3)C2=O)cc1. The number of hydrogen-bond donors (Lipinski definition) is 1. The summed E-state index contributed by atoms with van der Waals surface area (Å²) < 4.78 is 5.18. The number of methoxy groups -OCH3 is 1. The molecule has 1 heterocycles. The summed E-state index contributed by atoms with van der Waals surface area (Å²) in [6.45, 7) is 2.45. The van der Waals surface area contributed by atoms with Crippen molar-refractivity contribution in [3.05, 3.63) is 71.4 Å². The molecule has 0 aromatic heterocycles. The van der Waals surface area contributed by atoms with Crippen molar-refractivity contribution in [2.75, 3.05) is 19.4 Å². The van der Waals surface area contributed by atoms with Crippen LogP contribution in [0, 0.1) is 0 Å². The zero-order valence-electron chi connectivity index (χ0n) is 16.4. The van der Waals surface area contributed by atoms with Crippen LogP contribution in [0.3, 0.4) is 0 Å². The van der Waals surface area contributed by atoms with Gasteiger partial charge in [-0.25, -0.2) is 4.99 Å². The summed E-state index contributed by atoms with van der Waals surface area (Å²) in [7, 11) is 1.62. The standard InChI is InChI=1S/C22H23N3O3S/c1-16(26)23-12-13-29-22-24-20(14-17-8-10-19(28-2)11-9-17)21(27)25(22)15-18-6-4-3-5-7-18/h3-11,14H,12-13,15H2,1-2H3,(H,23,26)/b20-14-. The van der Waals surface area contributed by atoms with E-state index in [-0.39, 0.29) is 11.8 Å². The largest absolute Gasteiger partial charge is 0.497 e. The van der Waals surface area contributed by atoms with Crippen molar-refractivity contribution in [3.63, 3.8) is 0 Å². The third-order valence-electron chi connectivity index (χ3n) is 4.22. The molecule has 1 aliphatic heterocycles. The lowest BCUT2D eigenvalue weighted by Crippen LogP contribution is -2.31. The van der Waals surface area contributed by atoms with Gasteiger partial charge >= 0.3 is 0 Å². The number of carbonyl (C=O) groups is 2.